The fraction of sp³-hybridized carbons (Fsp3) is 0.222. The van der Waals surface area contributed by atoms with E-state index < -0.39 is 21.8 Å². The van der Waals surface area contributed by atoms with Gasteiger partial charge in [-0.1, -0.05) is 30.4 Å². The van der Waals surface area contributed by atoms with Crippen LogP contribution in [0.4, 0.5) is 5.13 Å². The molecule has 0 saturated carbocycles. The highest BCUT2D eigenvalue weighted by atomic mass is 32.2. The molecule has 3 aromatic carbocycles. The summed E-state index contributed by atoms with van der Waals surface area (Å²) in [7, 11) is -1.80. The van der Waals surface area contributed by atoms with Gasteiger partial charge in [-0.15, -0.1) is 0 Å². The number of hydrogen-bond acceptors (Lipinski definition) is 9. The smallest absolute Gasteiger partial charge is 0.271 e. The summed E-state index contributed by atoms with van der Waals surface area (Å²) in [5.41, 5.74) is 1.60. The van der Waals surface area contributed by atoms with Crippen LogP contribution in [0.3, 0.4) is 0 Å². The van der Waals surface area contributed by atoms with Crippen LogP contribution in [0.2, 0.25) is 0 Å². The number of ether oxygens (including phenoxy) is 3. The summed E-state index contributed by atoms with van der Waals surface area (Å²) in [4.78, 5) is 18.1. The maximum atomic E-state index is 13.4. The largest absolute Gasteiger partial charge is 0.491 e. The summed E-state index contributed by atoms with van der Waals surface area (Å²) in [6.45, 7) is 2.45. The molecule has 1 amide bonds. The van der Waals surface area contributed by atoms with Crippen LogP contribution in [0, 0.1) is 11.3 Å². The van der Waals surface area contributed by atoms with E-state index in [9.17, 15) is 13.2 Å². The second kappa shape index (κ2) is 12.0. The second-order valence-corrected chi connectivity index (χ2v) is 11.4. The third-order valence-electron chi connectivity index (χ3n) is 5.54. The van der Waals surface area contributed by atoms with Crippen molar-refractivity contribution in [3.63, 3.8) is 0 Å². The number of methoxy groups -OCH3 is 1. The zero-order chi connectivity index (χ0) is 27.1. The molecule has 1 N–H and O–H groups in total. The molecule has 0 fully saturated rings. The lowest BCUT2D eigenvalue weighted by atomic mass is 10.1. The fourth-order valence-electron chi connectivity index (χ4n) is 3.50. The van der Waals surface area contributed by atoms with E-state index in [0.717, 1.165) is 4.70 Å². The third-order valence-corrected chi connectivity index (χ3v) is 8.23. The molecule has 1 heterocycles. The lowest BCUT2D eigenvalue weighted by Crippen LogP contribution is -2.25. The number of nitriles is 1. The van der Waals surface area contributed by atoms with Gasteiger partial charge in [-0.3, -0.25) is 10.1 Å². The van der Waals surface area contributed by atoms with Crippen molar-refractivity contribution >= 4 is 42.4 Å². The van der Waals surface area contributed by atoms with Gasteiger partial charge >= 0.3 is 0 Å². The van der Waals surface area contributed by atoms with Gasteiger partial charge in [0, 0.05) is 12.7 Å². The Morgan fingerprint density at radius 3 is 2.42 bits per heavy atom. The van der Waals surface area contributed by atoms with E-state index in [-0.39, 0.29) is 10.6 Å². The van der Waals surface area contributed by atoms with Crippen LogP contribution in [-0.2, 0) is 19.4 Å². The van der Waals surface area contributed by atoms with Crippen LogP contribution in [0.1, 0.15) is 24.2 Å². The summed E-state index contributed by atoms with van der Waals surface area (Å²) in [5.74, 6) is 0.516. The van der Waals surface area contributed by atoms with Crippen molar-refractivity contribution in [2.75, 3.05) is 31.4 Å². The number of carbonyl (C=O) groups is 1. The molecule has 4 aromatic rings. The zero-order valence-electron chi connectivity index (χ0n) is 20.7. The summed E-state index contributed by atoms with van der Waals surface area (Å²) < 4.78 is 42.0. The molecule has 0 aliphatic heterocycles. The molecule has 1 unspecified atom stereocenters. The number of thiazole rings is 1. The van der Waals surface area contributed by atoms with Gasteiger partial charge in [0.15, 0.2) is 15.0 Å². The van der Waals surface area contributed by atoms with Gasteiger partial charge in [0.2, 0.25) is 6.10 Å². The SMILES string of the molecule is CCS(=O)(=O)c1ccc(C(Oc2ccc(C#N)cc2)C(=O)Nc2nc3ccc(OCCOC)cc3s2)cc1. The van der Waals surface area contributed by atoms with Crippen LogP contribution in [0.15, 0.2) is 71.6 Å². The van der Waals surface area contributed by atoms with Crippen LogP contribution in [0.5, 0.6) is 11.5 Å². The average molecular weight is 552 g/mol. The normalized spacial score (nSPS) is 12.0. The number of amides is 1. The quantitative estimate of drug-likeness (QED) is 0.265. The van der Waals surface area contributed by atoms with Crippen LogP contribution in [0.25, 0.3) is 10.2 Å². The van der Waals surface area contributed by atoms with E-state index in [4.69, 9.17) is 19.5 Å². The van der Waals surface area contributed by atoms with E-state index >= 15 is 0 Å². The van der Waals surface area contributed by atoms with Crippen molar-refractivity contribution in [3.8, 4) is 17.6 Å². The van der Waals surface area contributed by atoms with E-state index in [0.29, 0.717) is 46.5 Å². The maximum Gasteiger partial charge on any atom is 0.271 e. The lowest BCUT2D eigenvalue weighted by molar-refractivity contribution is -0.123. The first-order valence-corrected chi connectivity index (χ1v) is 14.1. The molecule has 11 heteroatoms. The molecule has 9 nitrogen and oxygen atoms in total. The Morgan fingerprint density at radius 1 is 1.05 bits per heavy atom. The second-order valence-electron chi connectivity index (χ2n) is 8.09. The highest BCUT2D eigenvalue weighted by Crippen LogP contribution is 2.31. The molecule has 0 bridgehead atoms. The molecular formula is C27H25N3O6S2. The van der Waals surface area contributed by atoms with Gasteiger partial charge in [-0.2, -0.15) is 5.26 Å². The molecule has 196 valence electrons. The summed E-state index contributed by atoms with van der Waals surface area (Å²) in [5, 5.41) is 12.2. The third kappa shape index (κ3) is 6.47. The van der Waals surface area contributed by atoms with Crippen LogP contribution >= 0.6 is 11.3 Å². The average Bonchev–Trinajstić information content (AvgIpc) is 3.33. The van der Waals surface area contributed by atoms with Crippen molar-refractivity contribution < 1.29 is 27.4 Å². The van der Waals surface area contributed by atoms with Crippen molar-refractivity contribution in [1.29, 1.82) is 5.26 Å². The van der Waals surface area contributed by atoms with Crippen molar-refractivity contribution in [3.05, 3.63) is 77.9 Å². The van der Waals surface area contributed by atoms with Crippen LogP contribution < -0.4 is 14.8 Å². The topological polar surface area (TPSA) is 128 Å². The van der Waals surface area contributed by atoms with Crippen LogP contribution in [-0.4, -0.2) is 45.4 Å². The van der Waals surface area contributed by atoms with Gasteiger partial charge in [-0.25, -0.2) is 13.4 Å². The Morgan fingerprint density at radius 2 is 1.76 bits per heavy atom. The van der Waals surface area contributed by atoms with Gasteiger partial charge in [0.1, 0.15) is 18.1 Å². The number of nitrogens with zero attached hydrogens (tertiary/aromatic N) is 2. The molecule has 0 spiro atoms. The van der Waals surface area contributed by atoms with E-state index in [1.54, 1.807) is 62.6 Å². The molecule has 4 rings (SSSR count). The molecule has 0 saturated heterocycles. The predicted octanol–water partition coefficient (Wildman–Crippen LogP) is 4.75. The van der Waals surface area contributed by atoms with E-state index in [1.807, 2.05) is 12.1 Å². The van der Waals surface area contributed by atoms with Crippen molar-refractivity contribution in [2.45, 2.75) is 17.9 Å². The van der Waals surface area contributed by atoms with Gasteiger partial charge in [-0.05, 0) is 54.6 Å². The minimum atomic E-state index is -3.40. The fourth-order valence-corrected chi connectivity index (χ4v) is 5.28. The molecule has 0 aliphatic rings. The zero-order valence-corrected chi connectivity index (χ0v) is 22.3. The molecule has 1 atom stereocenters. The molecule has 0 aliphatic carbocycles. The molecule has 1 aromatic heterocycles. The Bertz CT molecular complexity index is 1560. The maximum absolute atomic E-state index is 13.4. The monoisotopic (exact) mass is 551 g/mol. The van der Waals surface area contributed by atoms with Crippen molar-refractivity contribution in [2.24, 2.45) is 0 Å². The molecule has 38 heavy (non-hydrogen) atoms. The number of fused-ring (bicyclic) bond motifs is 1. The van der Waals surface area contributed by atoms with Gasteiger partial charge in [0.05, 0.1) is 39.1 Å². The summed E-state index contributed by atoms with van der Waals surface area (Å²) >= 11 is 1.29. The first-order valence-electron chi connectivity index (χ1n) is 11.7. The number of rotatable bonds is 11. The Labute approximate surface area is 224 Å². The minimum absolute atomic E-state index is 0.0330. The number of sulfone groups is 1. The highest BCUT2D eigenvalue weighted by molar-refractivity contribution is 7.91. The molecular weight excluding hydrogens is 526 g/mol. The predicted molar refractivity (Wildman–Crippen MR) is 144 cm³/mol. The number of anilines is 1. The number of hydrogen-bond donors (Lipinski definition) is 1. The standard InChI is InChI=1S/C27H25N3O6S2/c1-3-38(32,33)22-11-6-19(7-12-22)25(36-20-8-4-18(17-28)5-9-20)26(31)30-27-29-23-13-10-21(16-24(23)37-27)35-15-14-34-2/h4-13,16,25H,3,14-15H2,1-2H3,(H,29,30,31). The number of nitrogens with one attached hydrogen (secondary N) is 1. The van der Waals surface area contributed by atoms with E-state index in [2.05, 4.69) is 10.3 Å². The first kappa shape index (κ1) is 27.1. The first-order chi connectivity index (χ1) is 18.3. The summed E-state index contributed by atoms with van der Waals surface area (Å²) in [6.07, 6.45) is -1.11. The van der Waals surface area contributed by atoms with Crippen molar-refractivity contribution in [1.82, 2.24) is 4.98 Å². The highest BCUT2D eigenvalue weighted by Gasteiger charge is 2.25. The summed E-state index contributed by atoms with van der Waals surface area (Å²) in [6, 6.07) is 19.9. The Balaban J connectivity index is 1.59. The van der Waals surface area contributed by atoms with E-state index in [1.165, 1.54) is 23.5 Å². The minimum Gasteiger partial charge on any atom is -0.491 e. The lowest BCUT2D eigenvalue weighted by Gasteiger charge is -2.19. The number of benzene rings is 3. The molecule has 0 radical (unpaired) electrons. The van der Waals surface area contributed by atoms with Gasteiger partial charge in [0.25, 0.3) is 5.91 Å². The van der Waals surface area contributed by atoms with Gasteiger partial charge < -0.3 is 14.2 Å². The Hall–Kier alpha value is -3.98. The Kier molecular flexibility index (Phi) is 8.58. The number of aromatic nitrogens is 1. The number of carbonyl (C=O) groups excluding carboxylic acids is 1.